The summed E-state index contributed by atoms with van der Waals surface area (Å²) in [5.74, 6) is -0.606. The van der Waals surface area contributed by atoms with Crippen LogP contribution in [0.4, 0.5) is 0 Å². The second-order valence-electron chi connectivity index (χ2n) is 3.64. The first-order valence-electron chi connectivity index (χ1n) is 5.22. The van der Waals surface area contributed by atoms with Crippen molar-refractivity contribution in [3.63, 3.8) is 0 Å². The molecule has 0 saturated carbocycles. The summed E-state index contributed by atoms with van der Waals surface area (Å²) in [5.41, 5.74) is 1.66. The van der Waals surface area contributed by atoms with E-state index in [4.69, 9.17) is 0 Å². The maximum atomic E-state index is 11.9. The fraction of sp³-hybridized carbons (Fsp3) is 0.333. The number of carbonyl (C=O) groups excluding carboxylic acids is 2. The average molecular weight is 426 g/mol. The van der Waals surface area contributed by atoms with Crippen LogP contribution in [0.25, 0.3) is 0 Å². The maximum Gasteiger partial charge on any atom is 0.321 e. The van der Waals surface area contributed by atoms with Crippen molar-refractivity contribution in [2.75, 3.05) is 13.7 Å². The number of ether oxygens (including phenoxy) is 1. The highest BCUT2D eigenvalue weighted by Crippen LogP contribution is 2.16. The molecule has 18 heavy (non-hydrogen) atoms. The van der Waals surface area contributed by atoms with Crippen molar-refractivity contribution in [3.05, 3.63) is 32.9 Å². The monoisotopic (exact) mass is 425 g/mol. The second kappa shape index (κ2) is 7.08. The Morgan fingerprint density at radius 2 is 2.17 bits per heavy atom. The highest BCUT2D eigenvalue weighted by atomic mass is 127. The summed E-state index contributed by atoms with van der Waals surface area (Å²) in [5, 5.41) is 2.69. The van der Waals surface area contributed by atoms with E-state index in [1.165, 1.54) is 7.11 Å². The van der Waals surface area contributed by atoms with E-state index in [0.29, 0.717) is 5.56 Å². The Morgan fingerprint density at radius 3 is 2.78 bits per heavy atom. The number of halogens is 2. The summed E-state index contributed by atoms with van der Waals surface area (Å²) in [6.07, 6.45) is 0. The lowest BCUT2D eigenvalue weighted by atomic mass is 10.1. The number of hydrogen-bond donors (Lipinski definition) is 1. The molecule has 0 aliphatic carbocycles. The Kier molecular flexibility index (Phi) is 6.07. The molecule has 0 aromatic heterocycles. The largest absolute Gasteiger partial charge is 0.468 e. The number of rotatable bonds is 4. The fourth-order valence-corrected chi connectivity index (χ4v) is 2.26. The Balaban J connectivity index is 2.66. The molecule has 1 unspecified atom stereocenters. The first-order valence-corrected chi connectivity index (χ1v) is 7.22. The van der Waals surface area contributed by atoms with Gasteiger partial charge in [-0.05, 0) is 41.1 Å². The van der Waals surface area contributed by atoms with Gasteiger partial charge in [0.25, 0.3) is 5.91 Å². The van der Waals surface area contributed by atoms with E-state index in [1.54, 1.807) is 6.07 Å². The molecule has 1 aromatic rings. The van der Waals surface area contributed by atoms with Gasteiger partial charge in [-0.15, -0.1) is 0 Å². The van der Waals surface area contributed by atoms with E-state index >= 15 is 0 Å². The third-order valence-electron chi connectivity index (χ3n) is 2.34. The lowest BCUT2D eigenvalue weighted by Crippen LogP contribution is -2.34. The third-order valence-corrected chi connectivity index (χ3v) is 4.46. The number of benzene rings is 1. The highest BCUT2D eigenvalue weighted by Gasteiger charge is 2.17. The molecule has 1 amide bonds. The minimum atomic E-state index is -0.533. The smallest absolute Gasteiger partial charge is 0.321 e. The Bertz CT molecular complexity index is 465. The standard InChI is InChI=1S/C12H13BrINO3/c1-7-4-3-5-8(10(7)14)11(16)15-6-9(13)12(17)18-2/h3-5,9H,6H2,1-2H3,(H,15,16). The first-order chi connectivity index (χ1) is 8.47. The van der Waals surface area contributed by atoms with Crippen LogP contribution in [0.3, 0.4) is 0 Å². The Labute approximate surface area is 128 Å². The molecule has 1 N–H and O–H groups in total. The number of methoxy groups -OCH3 is 1. The molecule has 0 radical (unpaired) electrons. The van der Waals surface area contributed by atoms with Gasteiger partial charge in [0.05, 0.1) is 12.7 Å². The quantitative estimate of drug-likeness (QED) is 0.457. The minimum absolute atomic E-state index is 0.190. The molecule has 0 bridgehead atoms. The van der Waals surface area contributed by atoms with Crippen LogP contribution in [-0.2, 0) is 9.53 Å². The molecular formula is C12H13BrINO3. The van der Waals surface area contributed by atoms with Gasteiger partial charge in [0.1, 0.15) is 4.83 Å². The summed E-state index contributed by atoms with van der Waals surface area (Å²) < 4.78 is 5.47. The number of alkyl halides is 1. The SMILES string of the molecule is COC(=O)C(Br)CNC(=O)c1cccc(C)c1I. The summed E-state index contributed by atoms with van der Waals surface area (Å²) >= 11 is 5.28. The number of amides is 1. The molecule has 98 valence electrons. The maximum absolute atomic E-state index is 11.9. The van der Waals surface area contributed by atoms with Crippen LogP contribution in [0.2, 0.25) is 0 Å². The van der Waals surface area contributed by atoms with Crippen molar-refractivity contribution in [1.29, 1.82) is 0 Å². The molecule has 0 aliphatic heterocycles. The van der Waals surface area contributed by atoms with Crippen LogP contribution in [-0.4, -0.2) is 30.4 Å². The number of aryl methyl sites for hydroxylation is 1. The molecule has 0 heterocycles. The van der Waals surface area contributed by atoms with Crippen molar-refractivity contribution >= 4 is 50.4 Å². The van der Waals surface area contributed by atoms with Crippen molar-refractivity contribution in [2.24, 2.45) is 0 Å². The van der Waals surface area contributed by atoms with Gasteiger partial charge >= 0.3 is 5.97 Å². The van der Waals surface area contributed by atoms with Gasteiger partial charge < -0.3 is 10.1 Å². The van der Waals surface area contributed by atoms with Crippen LogP contribution in [0.5, 0.6) is 0 Å². The molecule has 0 aliphatic rings. The van der Waals surface area contributed by atoms with Gasteiger partial charge in [0.15, 0.2) is 0 Å². The third kappa shape index (κ3) is 3.94. The summed E-state index contributed by atoms with van der Waals surface area (Å²) in [6.45, 7) is 2.13. The van der Waals surface area contributed by atoms with Crippen LogP contribution in [0.15, 0.2) is 18.2 Å². The fourth-order valence-electron chi connectivity index (χ4n) is 1.31. The molecule has 1 aromatic carbocycles. The van der Waals surface area contributed by atoms with Gasteiger partial charge in [0, 0.05) is 10.1 Å². The van der Waals surface area contributed by atoms with Gasteiger partial charge in [-0.3, -0.25) is 9.59 Å². The molecular weight excluding hydrogens is 413 g/mol. The van der Waals surface area contributed by atoms with Gasteiger partial charge in [-0.25, -0.2) is 0 Å². The lowest BCUT2D eigenvalue weighted by Gasteiger charge is -2.11. The normalized spacial score (nSPS) is 11.8. The average Bonchev–Trinajstić information content (AvgIpc) is 2.37. The van der Waals surface area contributed by atoms with Crippen LogP contribution in [0.1, 0.15) is 15.9 Å². The van der Waals surface area contributed by atoms with Crippen molar-refractivity contribution in [3.8, 4) is 0 Å². The molecule has 0 spiro atoms. The van der Waals surface area contributed by atoms with Crippen LogP contribution < -0.4 is 5.32 Å². The molecule has 4 nitrogen and oxygen atoms in total. The first kappa shape index (κ1) is 15.4. The van der Waals surface area contributed by atoms with Crippen molar-refractivity contribution in [1.82, 2.24) is 5.32 Å². The van der Waals surface area contributed by atoms with Crippen LogP contribution >= 0.6 is 38.5 Å². The van der Waals surface area contributed by atoms with Crippen LogP contribution in [0, 0.1) is 10.5 Å². The predicted octanol–water partition coefficient (Wildman–Crippen LogP) is 2.27. The van der Waals surface area contributed by atoms with Gasteiger partial charge in [-0.1, -0.05) is 28.1 Å². The zero-order chi connectivity index (χ0) is 13.7. The zero-order valence-corrected chi connectivity index (χ0v) is 13.7. The van der Waals surface area contributed by atoms with Gasteiger partial charge in [0.2, 0.25) is 0 Å². The molecule has 1 rings (SSSR count). The summed E-state index contributed by atoms with van der Waals surface area (Å²) in [6, 6.07) is 5.53. The molecule has 6 heteroatoms. The number of nitrogens with one attached hydrogen (secondary N) is 1. The number of hydrogen-bond acceptors (Lipinski definition) is 3. The van der Waals surface area contributed by atoms with E-state index < -0.39 is 10.8 Å². The van der Waals surface area contributed by atoms with E-state index in [2.05, 4.69) is 48.6 Å². The van der Waals surface area contributed by atoms with Crippen molar-refractivity contribution in [2.45, 2.75) is 11.8 Å². The van der Waals surface area contributed by atoms with Crippen molar-refractivity contribution < 1.29 is 14.3 Å². The molecule has 0 saturated heterocycles. The lowest BCUT2D eigenvalue weighted by molar-refractivity contribution is -0.139. The molecule has 0 fully saturated rings. The highest BCUT2D eigenvalue weighted by molar-refractivity contribution is 14.1. The van der Waals surface area contributed by atoms with E-state index in [-0.39, 0.29) is 12.5 Å². The summed E-state index contributed by atoms with van der Waals surface area (Å²) in [7, 11) is 1.31. The van der Waals surface area contributed by atoms with E-state index in [9.17, 15) is 9.59 Å². The Morgan fingerprint density at radius 1 is 1.50 bits per heavy atom. The topological polar surface area (TPSA) is 55.4 Å². The van der Waals surface area contributed by atoms with E-state index in [1.807, 2.05) is 19.1 Å². The Hall–Kier alpha value is -0.630. The van der Waals surface area contributed by atoms with Gasteiger partial charge in [-0.2, -0.15) is 0 Å². The predicted molar refractivity (Wildman–Crippen MR) is 81.0 cm³/mol. The second-order valence-corrected chi connectivity index (χ2v) is 5.82. The molecule has 1 atom stereocenters. The summed E-state index contributed by atoms with van der Waals surface area (Å²) in [4.78, 5) is 22.6. The zero-order valence-electron chi connectivity index (χ0n) is 10.00. The minimum Gasteiger partial charge on any atom is -0.468 e. The number of carbonyl (C=O) groups is 2. The van der Waals surface area contributed by atoms with E-state index in [0.717, 1.165) is 9.13 Å². The number of esters is 1.